The van der Waals surface area contributed by atoms with Crippen molar-refractivity contribution in [1.29, 1.82) is 0 Å². The van der Waals surface area contributed by atoms with Crippen LogP contribution in [0, 0.1) is 11.6 Å². The molecule has 0 spiro atoms. The molecule has 0 atom stereocenters. The van der Waals surface area contributed by atoms with Gasteiger partial charge in [0, 0.05) is 36.1 Å². The molecule has 1 N–H and O–H groups in total. The Morgan fingerprint density at radius 1 is 1.06 bits per heavy atom. The number of aromatic nitrogens is 5. The number of sulfonamides is 1. The summed E-state index contributed by atoms with van der Waals surface area (Å²) >= 11 is 0. The van der Waals surface area contributed by atoms with Crippen LogP contribution in [-0.4, -0.2) is 38.7 Å². The zero-order valence-electron chi connectivity index (χ0n) is 18.8. The predicted molar refractivity (Wildman–Crippen MR) is 126 cm³/mol. The second kappa shape index (κ2) is 9.80. The molecule has 0 saturated carbocycles. The number of rotatable bonds is 9. The molecule has 0 unspecified atom stereocenters. The number of benzene rings is 1. The second-order valence-electron chi connectivity index (χ2n) is 7.84. The Hall–Kier alpha value is -3.47. The number of hydrogen-bond acceptors (Lipinski definition) is 6. The van der Waals surface area contributed by atoms with Gasteiger partial charge < -0.3 is 4.57 Å². The summed E-state index contributed by atoms with van der Waals surface area (Å²) < 4.78 is 58.4. The van der Waals surface area contributed by atoms with Gasteiger partial charge in [0.15, 0.2) is 5.82 Å². The van der Waals surface area contributed by atoms with Crippen molar-refractivity contribution in [2.75, 3.05) is 10.5 Å². The van der Waals surface area contributed by atoms with Crippen molar-refractivity contribution >= 4 is 26.7 Å². The summed E-state index contributed by atoms with van der Waals surface area (Å²) in [4.78, 5) is 17.1. The van der Waals surface area contributed by atoms with Crippen molar-refractivity contribution in [3.8, 4) is 16.8 Å². The van der Waals surface area contributed by atoms with Crippen molar-refractivity contribution in [2.24, 2.45) is 0 Å². The van der Waals surface area contributed by atoms with Gasteiger partial charge in [0.2, 0.25) is 10.0 Å². The van der Waals surface area contributed by atoms with Gasteiger partial charge in [-0.1, -0.05) is 20.3 Å². The Labute approximate surface area is 196 Å². The van der Waals surface area contributed by atoms with Crippen LogP contribution in [0.5, 0.6) is 0 Å². The van der Waals surface area contributed by atoms with Gasteiger partial charge in [-0.15, -0.1) is 0 Å². The van der Waals surface area contributed by atoms with Crippen LogP contribution in [0.1, 0.15) is 38.9 Å². The van der Waals surface area contributed by atoms with Crippen molar-refractivity contribution in [1.82, 2.24) is 24.5 Å². The molecule has 8 nitrogen and oxygen atoms in total. The van der Waals surface area contributed by atoms with Crippen LogP contribution in [0.2, 0.25) is 0 Å². The average molecular weight is 487 g/mol. The Balaban J connectivity index is 1.92. The van der Waals surface area contributed by atoms with E-state index < -0.39 is 27.3 Å². The highest BCUT2D eigenvalue weighted by Gasteiger charge is 2.23. The van der Waals surface area contributed by atoms with Gasteiger partial charge in [-0.3, -0.25) is 4.72 Å². The first-order chi connectivity index (χ1) is 16.3. The molecule has 3 heterocycles. The molecule has 4 rings (SSSR count). The molecule has 178 valence electrons. The summed E-state index contributed by atoms with van der Waals surface area (Å²) in [5.41, 5.74) is 1.28. The third-order valence-corrected chi connectivity index (χ3v) is 6.74. The molecule has 0 saturated heterocycles. The first-order valence-electron chi connectivity index (χ1n) is 11.0. The van der Waals surface area contributed by atoms with Crippen molar-refractivity contribution in [3.63, 3.8) is 0 Å². The zero-order chi connectivity index (χ0) is 24.3. The summed E-state index contributed by atoms with van der Waals surface area (Å²) in [5.74, 6) is -1.47. The Bertz CT molecular complexity index is 1420. The lowest BCUT2D eigenvalue weighted by atomic mass is 10.1. The van der Waals surface area contributed by atoms with Crippen LogP contribution in [0.15, 0.2) is 43.2 Å². The molecular weight excluding hydrogens is 462 g/mol. The van der Waals surface area contributed by atoms with E-state index in [1.54, 1.807) is 19.3 Å². The maximum absolute atomic E-state index is 15.5. The quantitative estimate of drug-likeness (QED) is 0.369. The van der Waals surface area contributed by atoms with E-state index >= 15 is 4.39 Å². The molecule has 0 aliphatic heterocycles. The Morgan fingerprint density at radius 3 is 2.53 bits per heavy atom. The molecule has 0 aliphatic carbocycles. The van der Waals surface area contributed by atoms with Crippen LogP contribution >= 0.6 is 0 Å². The second-order valence-corrected chi connectivity index (χ2v) is 9.68. The minimum atomic E-state index is -3.78. The summed E-state index contributed by atoms with van der Waals surface area (Å²) in [6.45, 7) is 3.76. The average Bonchev–Trinajstić information content (AvgIpc) is 3.19. The number of unbranched alkanes of at least 4 members (excludes halogenated alkanes) is 1. The minimum Gasteiger partial charge on any atom is -0.308 e. The minimum absolute atomic E-state index is 0.182. The van der Waals surface area contributed by atoms with E-state index in [1.807, 2.05) is 0 Å². The van der Waals surface area contributed by atoms with Gasteiger partial charge in [0.05, 0.1) is 23.2 Å². The lowest BCUT2D eigenvalue weighted by molar-refractivity contribution is 0.572. The van der Waals surface area contributed by atoms with Crippen LogP contribution in [0.25, 0.3) is 27.8 Å². The third-order valence-electron chi connectivity index (χ3n) is 5.26. The number of halogens is 2. The summed E-state index contributed by atoms with van der Waals surface area (Å²) in [5, 5.41) is 0. The van der Waals surface area contributed by atoms with Gasteiger partial charge in [-0.2, -0.15) is 0 Å². The molecule has 34 heavy (non-hydrogen) atoms. The van der Waals surface area contributed by atoms with Gasteiger partial charge in [0.25, 0.3) is 0 Å². The summed E-state index contributed by atoms with van der Waals surface area (Å²) in [6, 6.07) is 2.09. The van der Waals surface area contributed by atoms with Crippen LogP contribution in [0.3, 0.4) is 0 Å². The SMILES string of the molecule is CCCCc1ncc2c(n1)c(-c1cncnc1)cn2-c1c(F)ccc(NS(=O)(=O)CCC)c1F. The maximum Gasteiger partial charge on any atom is 0.232 e. The normalized spacial score (nSPS) is 11.8. The Morgan fingerprint density at radius 2 is 1.82 bits per heavy atom. The van der Waals surface area contributed by atoms with Gasteiger partial charge in [-0.25, -0.2) is 37.1 Å². The summed E-state index contributed by atoms with van der Waals surface area (Å²) in [6.07, 6.45) is 10.5. The lowest BCUT2D eigenvalue weighted by Gasteiger charge is -2.13. The highest BCUT2D eigenvalue weighted by atomic mass is 32.2. The Kier molecular flexibility index (Phi) is 6.82. The van der Waals surface area contributed by atoms with Crippen LogP contribution < -0.4 is 4.72 Å². The number of fused-ring (bicyclic) bond motifs is 1. The first-order valence-corrected chi connectivity index (χ1v) is 12.6. The highest BCUT2D eigenvalue weighted by molar-refractivity contribution is 7.92. The monoisotopic (exact) mass is 486 g/mol. The van der Waals surface area contributed by atoms with E-state index in [0.717, 1.165) is 25.0 Å². The van der Waals surface area contributed by atoms with E-state index in [9.17, 15) is 12.8 Å². The largest absolute Gasteiger partial charge is 0.308 e. The highest BCUT2D eigenvalue weighted by Crippen LogP contribution is 2.34. The first kappa shape index (κ1) is 23.7. The predicted octanol–water partition coefficient (Wildman–Crippen LogP) is 4.65. The van der Waals surface area contributed by atoms with Crippen molar-refractivity contribution < 1.29 is 17.2 Å². The van der Waals surface area contributed by atoms with Gasteiger partial charge >= 0.3 is 0 Å². The smallest absolute Gasteiger partial charge is 0.232 e. The van der Waals surface area contributed by atoms with Crippen LogP contribution in [-0.2, 0) is 16.4 Å². The van der Waals surface area contributed by atoms with E-state index in [-0.39, 0.29) is 11.4 Å². The number of anilines is 1. The standard InChI is InChI=1S/C23H24F2N6O2S/c1-3-5-6-20-28-12-19-22(29-20)16(15-10-26-14-27-11-15)13-31(19)23-17(24)7-8-18(21(23)25)30-34(32,33)9-4-2/h7-8,10-14,30H,3-6,9H2,1-2H3. The van der Waals surface area contributed by atoms with E-state index in [2.05, 4.69) is 31.6 Å². The molecule has 4 aromatic rings. The van der Waals surface area contributed by atoms with E-state index in [4.69, 9.17) is 0 Å². The fourth-order valence-corrected chi connectivity index (χ4v) is 4.80. The maximum atomic E-state index is 15.5. The van der Waals surface area contributed by atoms with Crippen LogP contribution in [0.4, 0.5) is 14.5 Å². The topological polar surface area (TPSA) is 103 Å². The molecule has 0 amide bonds. The lowest BCUT2D eigenvalue weighted by Crippen LogP contribution is -2.18. The van der Waals surface area contributed by atoms with E-state index in [0.29, 0.717) is 40.8 Å². The van der Waals surface area contributed by atoms with Crippen molar-refractivity contribution in [2.45, 2.75) is 39.5 Å². The zero-order valence-corrected chi connectivity index (χ0v) is 19.6. The molecular formula is C23H24F2N6O2S. The fraction of sp³-hybridized carbons (Fsp3) is 0.304. The fourth-order valence-electron chi connectivity index (χ4n) is 3.66. The number of nitrogens with zero attached hydrogens (tertiary/aromatic N) is 5. The molecule has 0 fully saturated rings. The van der Waals surface area contributed by atoms with Gasteiger partial charge in [-0.05, 0) is 25.0 Å². The molecule has 0 aliphatic rings. The van der Waals surface area contributed by atoms with Gasteiger partial charge in [0.1, 0.15) is 29.2 Å². The number of hydrogen-bond donors (Lipinski definition) is 1. The molecule has 1 aromatic carbocycles. The third kappa shape index (κ3) is 4.74. The number of nitrogens with one attached hydrogen (secondary N) is 1. The molecule has 0 bridgehead atoms. The molecule has 11 heteroatoms. The molecule has 3 aromatic heterocycles. The number of aryl methyl sites for hydroxylation is 1. The van der Waals surface area contributed by atoms with E-state index in [1.165, 1.54) is 23.3 Å². The molecule has 0 radical (unpaired) electrons. The summed E-state index contributed by atoms with van der Waals surface area (Å²) in [7, 11) is -3.78. The van der Waals surface area contributed by atoms with Crippen molar-refractivity contribution in [3.05, 3.63) is 60.7 Å².